The zero-order chi connectivity index (χ0) is 24.0. The van der Waals surface area contributed by atoms with Gasteiger partial charge in [0.25, 0.3) is 11.8 Å². The topological polar surface area (TPSA) is 93.7 Å². The number of methoxy groups -OCH3 is 1. The third kappa shape index (κ3) is 3.74. The van der Waals surface area contributed by atoms with E-state index in [1.165, 1.54) is 23.1 Å². The average molecular weight is 460 g/mol. The van der Waals surface area contributed by atoms with Crippen LogP contribution in [0.4, 0.5) is 5.69 Å². The van der Waals surface area contributed by atoms with E-state index in [1.807, 2.05) is 12.1 Å². The zero-order valence-corrected chi connectivity index (χ0v) is 19.7. The molecule has 5 rings (SSSR count). The molecule has 3 aromatic rings. The third-order valence-corrected chi connectivity index (χ3v) is 6.83. The Bertz CT molecular complexity index is 1240. The van der Waals surface area contributed by atoms with Crippen molar-refractivity contribution in [3.05, 3.63) is 71.0 Å². The molecule has 2 N–H and O–H groups in total. The summed E-state index contributed by atoms with van der Waals surface area (Å²) in [6, 6.07) is 15.5. The quantitative estimate of drug-likeness (QED) is 0.586. The van der Waals surface area contributed by atoms with Gasteiger partial charge in [-0.25, -0.2) is 4.68 Å². The first-order chi connectivity index (χ1) is 16.3. The van der Waals surface area contributed by atoms with Crippen LogP contribution < -0.4 is 15.4 Å². The van der Waals surface area contributed by atoms with E-state index >= 15 is 0 Å². The molecule has 0 atom stereocenters. The molecule has 1 saturated carbocycles. The minimum absolute atomic E-state index is 0.147. The molecule has 34 heavy (non-hydrogen) atoms. The number of benzene rings is 2. The van der Waals surface area contributed by atoms with Gasteiger partial charge in [-0.2, -0.15) is 5.10 Å². The summed E-state index contributed by atoms with van der Waals surface area (Å²) in [5, 5.41) is 4.43. The van der Waals surface area contributed by atoms with Gasteiger partial charge in [0.15, 0.2) is 5.69 Å². The van der Waals surface area contributed by atoms with E-state index in [4.69, 9.17) is 10.5 Å². The Morgan fingerprint density at radius 2 is 1.74 bits per heavy atom. The number of hydrogen-bond acceptors (Lipinski definition) is 5. The van der Waals surface area contributed by atoms with Crippen LogP contribution in [0.25, 0.3) is 5.69 Å². The highest BCUT2D eigenvalue weighted by atomic mass is 16.5. The summed E-state index contributed by atoms with van der Waals surface area (Å²) < 4.78 is 6.76. The zero-order valence-electron chi connectivity index (χ0n) is 19.7. The summed E-state index contributed by atoms with van der Waals surface area (Å²) in [6.45, 7) is 1.48. The molecule has 0 bridgehead atoms. The molecule has 1 aliphatic heterocycles. The number of carbonyl (C=O) groups is 2. The number of nitrogens with zero attached hydrogens (tertiary/aromatic N) is 4. The van der Waals surface area contributed by atoms with Gasteiger partial charge in [0.05, 0.1) is 12.8 Å². The predicted molar refractivity (Wildman–Crippen MR) is 130 cm³/mol. The molecule has 2 amide bonds. The molecule has 1 aromatic heterocycles. The fraction of sp³-hybridized carbons (Fsp3) is 0.346. The summed E-state index contributed by atoms with van der Waals surface area (Å²) in [4.78, 5) is 29.8. The minimum atomic E-state index is -0.635. The highest BCUT2D eigenvalue weighted by Crippen LogP contribution is 2.48. The molecule has 176 valence electrons. The largest absolute Gasteiger partial charge is 0.497 e. The van der Waals surface area contributed by atoms with Crippen molar-refractivity contribution in [2.75, 3.05) is 39.2 Å². The molecule has 1 fully saturated rings. The molecular formula is C26H29N5O3. The molecule has 8 nitrogen and oxygen atoms in total. The van der Waals surface area contributed by atoms with Gasteiger partial charge in [0.1, 0.15) is 11.4 Å². The number of likely N-dealkylation sites (N-methyl/N-ethyl adjacent to an activating group) is 1. The summed E-state index contributed by atoms with van der Waals surface area (Å²) in [5.41, 5.74) is 9.76. The fourth-order valence-electron chi connectivity index (χ4n) is 5.00. The maximum Gasteiger partial charge on any atom is 0.277 e. The van der Waals surface area contributed by atoms with Crippen molar-refractivity contribution in [1.82, 2.24) is 14.7 Å². The van der Waals surface area contributed by atoms with Crippen LogP contribution in [-0.4, -0.2) is 60.8 Å². The summed E-state index contributed by atoms with van der Waals surface area (Å²) in [7, 11) is 5.80. The Morgan fingerprint density at radius 1 is 1.09 bits per heavy atom. The second-order valence-electron chi connectivity index (χ2n) is 9.42. The van der Waals surface area contributed by atoms with Crippen LogP contribution in [0.2, 0.25) is 0 Å². The van der Waals surface area contributed by atoms with Crippen molar-refractivity contribution in [1.29, 1.82) is 0 Å². The summed E-state index contributed by atoms with van der Waals surface area (Å²) in [6.07, 6.45) is 2.88. The highest BCUT2D eigenvalue weighted by molar-refractivity contribution is 6.09. The average Bonchev–Trinajstić information content (AvgIpc) is 3.49. The SMILES string of the molecule is COc1ccc(-n2nc(C(N)=O)c3c2C(=O)N(c2ccc(C4(CN(C)C)CC4)cc2)CC3)cc1. The smallest absolute Gasteiger partial charge is 0.277 e. The first-order valence-corrected chi connectivity index (χ1v) is 11.5. The van der Waals surface area contributed by atoms with Crippen LogP contribution in [-0.2, 0) is 11.8 Å². The van der Waals surface area contributed by atoms with Crippen molar-refractivity contribution < 1.29 is 14.3 Å². The second kappa shape index (κ2) is 8.29. The monoisotopic (exact) mass is 459 g/mol. The van der Waals surface area contributed by atoms with Gasteiger partial charge in [0.2, 0.25) is 0 Å². The Hall–Kier alpha value is -3.65. The van der Waals surface area contributed by atoms with Crippen molar-refractivity contribution in [2.45, 2.75) is 24.7 Å². The van der Waals surface area contributed by atoms with Gasteiger partial charge < -0.3 is 20.3 Å². The molecule has 0 unspecified atom stereocenters. The number of fused-ring (bicyclic) bond motifs is 1. The number of primary amides is 1. The predicted octanol–water partition coefficient (Wildman–Crippen LogP) is 2.78. The van der Waals surface area contributed by atoms with Gasteiger partial charge in [0, 0.05) is 29.8 Å². The van der Waals surface area contributed by atoms with E-state index in [0.29, 0.717) is 35.7 Å². The maximum atomic E-state index is 13.7. The van der Waals surface area contributed by atoms with Gasteiger partial charge in [-0.1, -0.05) is 12.1 Å². The Morgan fingerprint density at radius 3 is 2.29 bits per heavy atom. The molecule has 0 radical (unpaired) electrons. The lowest BCUT2D eigenvalue weighted by molar-refractivity contribution is 0.0972. The lowest BCUT2D eigenvalue weighted by atomic mass is 9.95. The first-order valence-electron chi connectivity index (χ1n) is 11.5. The number of carbonyl (C=O) groups excluding carboxylic acids is 2. The third-order valence-electron chi connectivity index (χ3n) is 6.83. The fourth-order valence-corrected chi connectivity index (χ4v) is 5.00. The van der Waals surface area contributed by atoms with E-state index in [2.05, 4.69) is 36.2 Å². The van der Waals surface area contributed by atoms with Gasteiger partial charge in [-0.15, -0.1) is 0 Å². The summed E-state index contributed by atoms with van der Waals surface area (Å²) in [5.74, 6) is -0.139. The molecule has 0 spiro atoms. The molecular weight excluding hydrogens is 430 g/mol. The highest BCUT2D eigenvalue weighted by Gasteiger charge is 2.44. The van der Waals surface area contributed by atoms with Crippen LogP contribution in [0.15, 0.2) is 48.5 Å². The van der Waals surface area contributed by atoms with Crippen molar-refractivity contribution in [2.24, 2.45) is 5.73 Å². The number of aromatic nitrogens is 2. The van der Waals surface area contributed by atoms with Crippen molar-refractivity contribution >= 4 is 17.5 Å². The molecule has 2 heterocycles. The van der Waals surface area contributed by atoms with Gasteiger partial charge >= 0.3 is 0 Å². The number of anilines is 1. The van der Waals surface area contributed by atoms with E-state index in [9.17, 15) is 9.59 Å². The number of nitrogens with two attached hydrogens (primary N) is 1. The Kier molecular flexibility index (Phi) is 5.40. The van der Waals surface area contributed by atoms with Crippen LogP contribution in [0.1, 0.15) is 44.9 Å². The van der Waals surface area contributed by atoms with E-state index in [0.717, 1.165) is 12.2 Å². The normalized spacial score (nSPS) is 16.5. The lowest BCUT2D eigenvalue weighted by Gasteiger charge is -2.28. The standard InChI is InChI=1S/C26H29N5O3/c1-29(2)16-26(13-14-26)17-4-6-18(7-5-17)30-15-12-21-22(24(27)32)28-31(23(21)25(30)33)19-8-10-20(34-3)11-9-19/h4-11H,12-16H2,1-3H3,(H2,27,32). The van der Waals surface area contributed by atoms with Crippen molar-refractivity contribution in [3.63, 3.8) is 0 Å². The Balaban J connectivity index is 1.49. The molecule has 8 heteroatoms. The van der Waals surface area contributed by atoms with E-state index in [-0.39, 0.29) is 17.0 Å². The minimum Gasteiger partial charge on any atom is -0.497 e. The van der Waals surface area contributed by atoms with Gasteiger partial charge in [-0.05, 0) is 75.3 Å². The van der Waals surface area contributed by atoms with E-state index in [1.54, 1.807) is 36.3 Å². The molecule has 2 aliphatic rings. The maximum absolute atomic E-state index is 13.7. The van der Waals surface area contributed by atoms with Crippen LogP contribution >= 0.6 is 0 Å². The van der Waals surface area contributed by atoms with E-state index < -0.39 is 5.91 Å². The molecule has 2 aromatic carbocycles. The summed E-state index contributed by atoms with van der Waals surface area (Å²) >= 11 is 0. The number of rotatable bonds is 7. The Labute approximate surface area is 198 Å². The second-order valence-corrected chi connectivity index (χ2v) is 9.42. The van der Waals surface area contributed by atoms with Crippen LogP contribution in [0.3, 0.4) is 0 Å². The van der Waals surface area contributed by atoms with Gasteiger partial charge in [-0.3, -0.25) is 9.59 Å². The number of amides is 2. The number of hydrogen-bond donors (Lipinski definition) is 1. The van der Waals surface area contributed by atoms with Crippen LogP contribution in [0.5, 0.6) is 5.75 Å². The van der Waals surface area contributed by atoms with Crippen LogP contribution in [0, 0.1) is 0 Å². The van der Waals surface area contributed by atoms with Crippen molar-refractivity contribution in [3.8, 4) is 11.4 Å². The number of ether oxygens (including phenoxy) is 1. The molecule has 1 aliphatic carbocycles. The molecule has 0 saturated heterocycles. The first kappa shape index (κ1) is 22.2. The lowest BCUT2D eigenvalue weighted by Crippen LogP contribution is -2.39.